The summed E-state index contributed by atoms with van der Waals surface area (Å²) in [5.74, 6) is 0.403. The highest BCUT2D eigenvalue weighted by Gasteiger charge is 2.30. The number of benzene rings is 1. The van der Waals surface area contributed by atoms with Gasteiger partial charge in [0.15, 0.2) is 0 Å². The van der Waals surface area contributed by atoms with Gasteiger partial charge in [-0.1, -0.05) is 12.1 Å². The topological polar surface area (TPSA) is 63.2 Å². The van der Waals surface area contributed by atoms with Crippen LogP contribution in [0.2, 0.25) is 0 Å². The fourth-order valence-electron chi connectivity index (χ4n) is 1.79. The third-order valence-corrected chi connectivity index (χ3v) is 2.91. The van der Waals surface area contributed by atoms with Crippen molar-refractivity contribution in [2.45, 2.75) is 12.7 Å². The number of anilines is 1. The molecule has 1 heterocycles. The van der Waals surface area contributed by atoms with Crippen molar-refractivity contribution in [3.63, 3.8) is 0 Å². The molecule has 1 aromatic carbocycles. The fraction of sp³-hybridized carbons (Fsp3) is 0.200. The Morgan fingerprint density at radius 1 is 1.26 bits per heavy atom. The number of nitrogens with one attached hydrogen (secondary N) is 2. The second kappa shape index (κ2) is 6.99. The van der Waals surface area contributed by atoms with Crippen LogP contribution in [-0.4, -0.2) is 18.1 Å². The molecule has 8 heteroatoms. The molecular formula is C15H14F3N3O2. The Morgan fingerprint density at radius 3 is 2.65 bits per heavy atom. The summed E-state index contributed by atoms with van der Waals surface area (Å²) in [6, 6.07) is 7.39. The van der Waals surface area contributed by atoms with Crippen LogP contribution in [0, 0.1) is 0 Å². The predicted molar refractivity (Wildman–Crippen MR) is 78.1 cm³/mol. The third-order valence-electron chi connectivity index (χ3n) is 2.91. The number of ether oxygens (including phenoxy) is 1. The molecule has 2 amide bonds. The normalized spacial score (nSPS) is 11.0. The lowest BCUT2D eigenvalue weighted by molar-refractivity contribution is -0.137. The van der Waals surface area contributed by atoms with Crippen LogP contribution in [0.3, 0.4) is 0 Å². The number of methoxy groups -OCH3 is 1. The summed E-state index contributed by atoms with van der Waals surface area (Å²) in [4.78, 5) is 15.6. The van der Waals surface area contributed by atoms with Gasteiger partial charge in [0.25, 0.3) is 0 Å². The zero-order valence-corrected chi connectivity index (χ0v) is 12.1. The van der Waals surface area contributed by atoms with Gasteiger partial charge < -0.3 is 15.4 Å². The van der Waals surface area contributed by atoms with Crippen molar-refractivity contribution in [3.05, 3.63) is 53.7 Å². The smallest absolute Gasteiger partial charge is 0.416 e. The number of pyridine rings is 1. The molecule has 0 atom stereocenters. The zero-order chi connectivity index (χ0) is 16.9. The third kappa shape index (κ3) is 4.87. The van der Waals surface area contributed by atoms with E-state index in [2.05, 4.69) is 15.6 Å². The number of halogens is 3. The van der Waals surface area contributed by atoms with Gasteiger partial charge in [0.2, 0.25) is 5.88 Å². The van der Waals surface area contributed by atoms with Crippen LogP contribution in [-0.2, 0) is 12.7 Å². The summed E-state index contributed by atoms with van der Waals surface area (Å²) in [5, 5.41) is 5.00. The van der Waals surface area contributed by atoms with E-state index in [1.54, 1.807) is 12.1 Å². The molecule has 2 N–H and O–H groups in total. The number of amides is 2. The average Bonchev–Trinajstić information content (AvgIpc) is 2.53. The number of carbonyl (C=O) groups is 1. The minimum absolute atomic E-state index is 0.0284. The Bertz CT molecular complexity index is 672. The number of rotatable bonds is 4. The largest absolute Gasteiger partial charge is 0.481 e. The predicted octanol–water partition coefficient (Wildman–Crippen LogP) is 3.43. The van der Waals surface area contributed by atoms with Crippen molar-refractivity contribution in [2.24, 2.45) is 0 Å². The first-order chi connectivity index (χ1) is 10.9. The van der Waals surface area contributed by atoms with Crippen LogP contribution in [0.4, 0.5) is 23.7 Å². The van der Waals surface area contributed by atoms with Crippen molar-refractivity contribution in [1.82, 2.24) is 10.3 Å². The summed E-state index contributed by atoms with van der Waals surface area (Å²) in [7, 11) is 1.47. The molecular weight excluding hydrogens is 311 g/mol. The Morgan fingerprint density at radius 2 is 2.04 bits per heavy atom. The van der Waals surface area contributed by atoms with E-state index in [0.29, 0.717) is 17.1 Å². The summed E-state index contributed by atoms with van der Waals surface area (Å²) in [6.07, 6.45) is -3.00. The maximum atomic E-state index is 12.6. The summed E-state index contributed by atoms with van der Waals surface area (Å²) >= 11 is 0. The highest BCUT2D eigenvalue weighted by atomic mass is 19.4. The Labute approximate surface area is 130 Å². The molecule has 1 aromatic heterocycles. The number of hydrogen-bond acceptors (Lipinski definition) is 3. The van der Waals surface area contributed by atoms with Crippen molar-refractivity contribution in [2.75, 3.05) is 12.4 Å². The lowest BCUT2D eigenvalue weighted by atomic mass is 10.1. The molecule has 0 bridgehead atoms. The average molecular weight is 325 g/mol. The molecule has 0 aliphatic heterocycles. The lowest BCUT2D eigenvalue weighted by Crippen LogP contribution is -2.28. The molecule has 0 radical (unpaired) electrons. The molecule has 0 aliphatic carbocycles. The van der Waals surface area contributed by atoms with Crippen molar-refractivity contribution in [3.8, 4) is 5.88 Å². The minimum atomic E-state index is -4.41. The Kier molecular flexibility index (Phi) is 5.05. The maximum absolute atomic E-state index is 12.6. The van der Waals surface area contributed by atoms with Crippen molar-refractivity contribution >= 4 is 11.7 Å². The van der Waals surface area contributed by atoms with Crippen LogP contribution in [0.1, 0.15) is 11.1 Å². The molecule has 0 unspecified atom stereocenters. The van der Waals surface area contributed by atoms with Crippen LogP contribution >= 0.6 is 0 Å². The van der Waals surface area contributed by atoms with Gasteiger partial charge >= 0.3 is 12.2 Å². The minimum Gasteiger partial charge on any atom is -0.481 e. The van der Waals surface area contributed by atoms with Gasteiger partial charge in [0, 0.05) is 12.6 Å². The summed E-state index contributed by atoms with van der Waals surface area (Å²) in [6.45, 7) is -0.0284. The lowest BCUT2D eigenvalue weighted by Gasteiger charge is -2.10. The van der Waals surface area contributed by atoms with E-state index in [1.807, 2.05) is 0 Å². The second-order valence-corrected chi connectivity index (χ2v) is 4.60. The first-order valence-corrected chi connectivity index (χ1v) is 6.59. The molecule has 0 saturated carbocycles. The number of aromatic nitrogens is 1. The molecule has 0 spiro atoms. The number of nitrogens with zero attached hydrogens (tertiary/aromatic N) is 1. The first-order valence-electron chi connectivity index (χ1n) is 6.59. The molecule has 0 aliphatic rings. The quantitative estimate of drug-likeness (QED) is 0.905. The van der Waals surface area contributed by atoms with E-state index in [9.17, 15) is 18.0 Å². The molecule has 2 rings (SSSR count). The van der Waals surface area contributed by atoms with Gasteiger partial charge in [-0.05, 0) is 23.8 Å². The molecule has 5 nitrogen and oxygen atoms in total. The van der Waals surface area contributed by atoms with Crippen LogP contribution in [0.5, 0.6) is 5.88 Å². The second-order valence-electron chi connectivity index (χ2n) is 4.60. The maximum Gasteiger partial charge on any atom is 0.416 e. The van der Waals surface area contributed by atoms with Gasteiger partial charge in [0.05, 0.1) is 24.6 Å². The molecule has 0 saturated heterocycles. The number of urea groups is 1. The van der Waals surface area contributed by atoms with Crippen molar-refractivity contribution in [1.29, 1.82) is 0 Å². The monoisotopic (exact) mass is 325 g/mol. The van der Waals surface area contributed by atoms with Crippen LogP contribution in [0.25, 0.3) is 0 Å². The Balaban J connectivity index is 1.91. The van der Waals surface area contributed by atoms with E-state index in [0.717, 1.165) is 12.1 Å². The van der Waals surface area contributed by atoms with Gasteiger partial charge in [-0.25, -0.2) is 9.78 Å². The number of carbonyl (C=O) groups excluding carboxylic acids is 1. The van der Waals surface area contributed by atoms with E-state index < -0.39 is 17.8 Å². The molecule has 23 heavy (non-hydrogen) atoms. The first kappa shape index (κ1) is 16.6. The standard InChI is InChI=1S/C15H14F3N3O2/c1-23-13-6-5-12(9-19-13)21-14(22)20-8-10-3-2-4-11(7-10)15(16,17)18/h2-7,9H,8H2,1H3,(H2,20,21,22). The van der Waals surface area contributed by atoms with Gasteiger partial charge in [-0.15, -0.1) is 0 Å². The van der Waals surface area contributed by atoms with E-state index in [4.69, 9.17) is 4.74 Å². The molecule has 122 valence electrons. The Hall–Kier alpha value is -2.77. The summed E-state index contributed by atoms with van der Waals surface area (Å²) in [5.41, 5.74) is 0.0340. The number of hydrogen-bond donors (Lipinski definition) is 2. The highest BCUT2D eigenvalue weighted by Crippen LogP contribution is 2.29. The highest BCUT2D eigenvalue weighted by molar-refractivity contribution is 5.88. The van der Waals surface area contributed by atoms with Crippen molar-refractivity contribution < 1.29 is 22.7 Å². The van der Waals surface area contributed by atoms with Gasteiger partial charge in [0.1, 0.15) is 0 Å². The number of alkyl halides is 3. The van der Waals surface area contributed by atoms with Gasteiger partial charge in [-0.2, -0.15) is 13.2 Å². The SMILES string of the molecule is COc1ccc(NC(=O)NCc2cccc(C(F)(F)F)c2)cn1. The van der Waals surface area contributed by atoms with E-state index >= 15 is 0 Å². The van der Waals surface area contributed by atoms with Gasteiger partial charge in [-0.3, -0.25) is 0 Å². The zero-order valence-electron chi connectivity index (χ0n) is 12.1. The summed E-state index contributed by atoms with van der Waals surface area (Å²) < 4.78 is 42.7. The fourth-order valence-corrected chi connectivity index (χ4v) is 1.79. The van der Waals surface area contributed by atoms with E-state index in [1.165, 1.54) is 25.4 Å². The molecule has 2 aromatic rings. The van der Waals surface area contributed by atoms with Crippen LogP contribution < -0.4 is 15.4 Å². The van der Waals surface area contributed by atoms with Crippen LogP contribution in [0.15, 0.2) is 42.6 Å². The van der Waals surface area contributed by atoms with E-state index in [-0.39, 0.29) is 6.54 Å². The molecule has 0 fully saturated rings.